The predicted octanol–water partition coefficient (Wildman–Crippen LogP) is 3.87. The van der Waals surface area contributed by atoms with Crippen molar-refractivity contribution in [1.82, 2.24) is 0 Å². The van der Waals surface area contributed by atoms with Crippen LogP contribution in [0.4, 0.5) is 11.4 Å². The lowest BCUT2D eigenvalue weighted by Gasteiger charge is -2.08. The Hall–Kier alpha value is -2.36. The molecule has 1 N–H and O–H groups in total. The van der Waals surface area contributed by atoms with Gasteiger partial charge in [0.25, 0.3) is 5.69 Å². The average Bonchev–Trinajstić information content (AvgIpc) is 2.38. The molecule has 0 aliphatic rings. The van der Waals surface area contributed by atoms with Gasteiger partial charge in [-0.25, -0.2) is 0 Å². The van der Waals surface area contributed by atoms with E-state index in [0.717, 1.165) is 24.2 Å². The Labute approximate surface area is 118 Å². The number of nitrogens with zero attached hydrogens (tertiary/aromatic N) is 1. The molecule has 104 valence electrons. The summed E-state index contributed by atoms with van der Waals surface area (Å²) in [6, 6.07) is 13.1. The smallest absolute Gasteiger partial charge is 0.269 e. The summed E-state index contributed by atoms with van der Waals surface area (Å²) in [4.78, 5) is 10.2. The average molecular weight is 270 g/mol. The molecule has 0 heterocycles. The third-order valence-corrected chi connectivity index (χ3v) is 3.11. The van der Waals surface area contributed by atoms with Crippen molar-refractivity contribution in [2.24, 2.45) is 0 Å². The number of nitro groups is 1. The van der Waals surface area contributed by atoms with E-state index < -0.39 is 0 Å². The number of aryl methyl sites for hydroxylation is 2. The number of hydrogen-bond donors (Lipinski definition) is 1. The van der Waals surface area contributed by atoms with E-state index in [2.05, 4.69) is 37.4 Å². The van der Waals surface area contributed by atoms with Crippen molar-refractivity contribution in [2.45, 2.75) is 20.3 Å². The van der Waals surface area contributed by atoms with Crippen molar-refractivity contribution >= 4 is 11.4 Å². The molecule has 0 spiro atoms. The van der Waals surface area contributed by atoms with E-state index in [1.807, 2.05) is 0 Å². The van der Waals surface area contributed by atoms with Crippen LogP contribution in [-0.4, -0.2) is 11.5 Å². The maximum atomic E-state index is 10.6. The third-order valence-electron chi connectivity index (χ3n) is 3.11. The second kappa shape index (κ2) is 6.19. The van der Waals surface area contributed by atoms with Crippen molar-refractivity contribution in [3.05, 3.63) is 69.3 Å². The molecule has 0 aliphatic carbocycles. The molecular formula is C16H18N2O2. The largest absolute Gasteiger partial charge is 0.385 e. The third kappa shape index (κ3) is 3.82. The van der Waals surface area contributed by atoms with Crippen molar-refractivity contribution in [3.8, 4) is 0 Å². The van der Waals surface area contributed by atoms with Gasteiger partial charge in [0, 0.05) is 24.4 Å². The summed E-state index contributed by atoms with van der Waals surface area (Å²) in [7, 11) is 0. The first-order chi connectivity index (χ1) is 9.54. The van der Waals surface area contributed by atoms with Gasteiger partial charge in [-0.15, -0.1) is 0 Å². The number of benzene rings is 2. The fourth-order valence-electron chi connectivity index (χ4n) is 2.21. The Morgan fingerprint density at radius 1 is 1.05 bits per heavy atom. The van der Waals surface area contributed by atoms with Gasteiger partial charge in [-0.05, 0) is 49.1 Å². The molecule has 4 nitrogen and oxygen atoms in total. The van der Waals surface area contributed by atoms with E-state index >= 15 is 0 Å². The predicted molar refractivity (Wildman–Crippen MR) is 81.2 cm³/mol. The zero-order valence-electron chi connectivity index (χ0n) is 11.7. The van der Waals surface area contributed by atoms with Crippen LogP contribution in [0.5, 0.6) is 0 Å². The van der Waals surface area contributed by atoms with Gasteiger partial charge < -0.3 is 5.32 Å². The fourth-order valence-corrected chi connectivity index (χ4v) is 2.21. The first kappa shape index (κ1) is 14.1. The molecule has 0 bridgehead atoms. The lowest BCUT2D eigenvalue weighted by atomic mass is 10.1. The van der Waals surface area contributed by atoms with Gasteiger partial charge in [0.05, 0.1) is 4.92 Å². The van der Waals surface area contributed by atoms with Crippen molar-refractivity contribution in [3.63, 3.8) is 0 Å². The van der Waals surface area contributed by atoms with E-state index in [-0.39, 0.29) is 10.6 Å². The van der Waals surface area contributed by atoms with Gasteiger partial charge in [0.15, 0.2) is 0 Å². The van der Waals surface area contributed by atoms with Crippen molar-refractivity contribution in [1.29, 1.82) is 0 Å². The molecule has 0 unspecified atom stereocenters. The van der Waals surface area contributed by atoms with Crippen LogP contribution in [0, 0.1) is 24.0 Å². The lowest BCUT2D eigenvalue weighted by molar-refractivity contribution is -0.384. The topological polar surface area (TPSA) is 55.2 Å². The molecule has 0 saturated carbocycles. The summed E-state index contributed by atoms with van der Waals surface area (Å²) in [5, 5.41) is 13.9. The zero-order valence-corrected chi connectivity index (χ0v) is 11.7. The summed E-state index contributed by atoms with van der Waals surface area (Å²) < 4.78 is 0. The van der Waals surface area contributed by atoms with Crippen molar-refractivity contribution in [2.75, 3.05) is 11.9 Å². The monoisotopic (exact) mass is 270 g/mol. The number of rotatable bonds is 5. The number of non-ortho nitro benzene ring substituents is 1. The summed E-state index contributed by atoms with van der Waals surface area (Å²) in [5.41, 5.74) is 4.82. The Morgan fingerprint density at radius 2 is 1.65 bits per heavy atom. The van der Waals surface area contributed by atoms with Gasteiger partial charge in [-0.1, -0.05) is 18.2 Å². The highest BCUT2D eigenvalue weighted by Gasteiger charge is 2.03. The van der Waals surface area contributed by atoms with E-state index in [1.54, 1.807) is 24.3 Å². The van der Waals surface area contributed by atoms with Crippen LogP contribution in [-0.2, 0) is 6.42 Å². The molecule has 0 aromatic heterocycles. The van der Waals surface area contributed by atoms with Gasteiger partial charge in [0.2, 0.25) is 0 Å². The van der Waals surface area contributed by atoms with E-state index in [0.29, 0.717) is 0 Å². The van der Waals surface area contributed by atoms with Crippen LogP contribution in [0.3, 0.4) is 0 Å². The van der Waals surface area contributed by atoms with E-state index in [9.17, 15) is 10.1 Å². The van der Waals surface area contributed by atoms with Crippen LogP contribution in [0.1, 0.15) is 16.7 Å². The standard InChI is InChI=1S/C16H18N2O2/c1-12-9-13(2)11-15(10-12)17-8-7-14-3-5-16(6-4-14)18(19)20/h3-6,9-11,17H,7-8H2,1-2H3. The molecule has 20 heavy (non-hydrogen) atoms. The zero-order chi connectivity index (χ0) is 14.5. The van der Waals surface area contributed by atoms with Crippen LogP contribution >= 0.6 is 0 Å². The SMILES string of the molecule is Cc1cc(C)cc(NCCc2ccc([N+](=O)[O-])cc2)c1. The Bertz CT molecular complexity index is 586. The summed E-state index contributed by atoms with van der Waals surface area (Å²) >= 11 is 0. The van der Waals surface area contributed by atoms with Gasteiger partial charge in [0.1, 0.15) is 0 Å². The number of hydrogen-bond acceptors (Lipinski definition) is 3. The minimum absolute atomic E-state index is 0.135. The van der Waals surface area contributed by atoms with E-state index in [1.165, 1.54) is 11.1 Å². The lowest BCUT2D eigenvalue weighted by Crippen LogP contribution is -2.05. The van der Waals surface area contributed by atoms with Crippen molar-refractivity contribution < 1.29 is 4.92 Å². The van der Waals surface area contributed by atoms with Gasteiger partial charge in [-0.2, -0.15) is 0 Å². The van der Waals surface area contributed by atoms with Gasteiger partial charge in [-0.3, -0.25) is 10.1 Å². The Morgan fingerprint density at radius 3 is 2.20 bits per heavy atom. The molecule has 0 saturated heterocycles. The molecule has 2 rings (SSSR count). The minimum Gasteiger partial charge on any atom is -0.385 e. The van der Waals surface area contributed by atoms with Gasteiger partial charge >= 0.3 is 0 Å². The summed E-state index contributed by atoms with van der Waals surface area (Å²) in [6.07, 6.45) is 0.838. The Kier molecular flexibility index (Phi) is 4.35. The first-order valence-corrected chi connectivity index (χ1v) is 6.60. The van der Waals surface area contributed by atoms with Crippen LogP contribution in [0.15, 0.2) is 42.5 Å². The van der Waals surface area contributed by atoms with Crippen LogP contribution < -0.4 is 5.32 Å². The molecule has 0 fully saturated rings. The van der Waals surface area contributed by atoms with Crippen LogP contribution in [0.2, 0.25) is 0 Å². The second-order valence-corrected chi connectivity index (χ2v) is 4.98. The number of nitro benzene ring substituents is 1. The molecule has 0 amide bonds. The maximum absolute atomic E-state index is 10.6. The number of nitrogens with one attached hydrogen (secondary N) is 1. The first-order valence-electron chi connectivity index (χ1n) is 6.60. The molecule has 0 atom stereocenters. The molecule has 4 heteroatoms. The minimum atomic E-state index is -0.377. The molecule has 0 radical (unpaired) electrons. The normalized spacial score (nSPS) is 10.3. The molecule has 2 aromatic carbocycles. The molecule has 2 aromatic rings. The molecular weight excluding hydrogens is 252 g/mol. The van der Waals surface area contributed by atoms with Crippen LogP contribution in [0.25, 0.3) is 0 Å². The Balaban J connectivity index is 1.90. The quantitative estimate of drug-likeness (QED) is 0.663. The highest BCUT2D eigenvalue weighted by Crippen LogP contribution is 2.15. The number of anilines is 1. The molecule has 0 aliphatic heterocycles. The fraction of sp³-hybridized carbons (Fsp3) is 0.250. The summed E-state index contributed by atoms with van der Waals surface area (Å²) in [5.74, 6) is 0. The van der Waals surface area contributed by atoms with E-state index in [4.69, 9.17) is 0 Å². The maximum Gasteiger partial charge on any atom is 0.269 e. The highest BCUT2D eigenvalue weighted by molar-refractivity contribution is 5.48. The highest BCUT2D eigenvalue weighted by atomic mass is 16.6. The summed E-state index contributed by atoms with van der Waals surface area (Å²) in [6.45, 7) is 4.96. The second-order valence-electron chi connectivity index (χ2n) is 4.98.